The molecule has 0 saturated heterocycles. The van der Waals surface area contributed by atoms with Crippen molar-refractivity contribution in [2.24, 2.45) is 5.92 Å². The zero-order valence-corrected chi connectivity index (χ0v) is 14.3. The molecular formula is C17H27NOS. The molecule has 0 saturated carbocycles. The van der Waals surface area contributed by atoms with Crippen LogP contribution < -0.4 is 5.32 Å². The van der Waals surface area contributed by atoms with E-state index >= 15 is 0 Å². The number of fused-ring (bicyclic) bond motifs is 1. The first-order valence-electron chi connectivity index (χ1n) is 7.55. The summed E-state index contributed by atoms with van der Waals surface area (Å²) in [7, 11) is -0.889. The molecule has 0 bridgehead atoms. The van der Waals surface area contributed by atoms with Gasteiger partial charge in [-0.3, -0.25) is 4.21 Å². The molecule has 1 heterocycles. The van der Waals surface area contributed by atoms with Crippen LogP contribution in [0.25, 0.3) is 0 Å². The highest BCUT2D eigenvalue weighted by atomic mass is 32.2. The quantitative estimate of drug-likeness (QED) is 0.899. The largest absolute Gasteiger partial charge is 0.310 e. The van der Waals surface area contributed by atoms with Crippen LogP contribution in [0.2, 0.25) is 0 Å². The average molecular weight is 293 g/mol. The van der Waals surface area contributed by atoms with Crippen LogP contribution in [0.15, 0.2) is 23.1 Å². The summed E-state index contributed by atoms with van der Waals surface area (Å²) in [6.45, 7) is 14.1. The highest BCUT2D eigenvalue weighted by Crippen LogP contribution is 2.39. The molecule has 2 nitrogen and oxygen atoms in total. The van der Waals surface area contributed by atoms with Crippen molar-refractivity contribution in [3.8, 4) is 0 Å². The van der Waals surface area contributed by atoms with Crippen molar-refractivity contribution in [2.45, 2.75) is 63.1 Å². The van der Waals surface area contributed by atoms with E-state index in [1.165, 1.54) is 11.1 Å². The molecule has 1 aromatic carbocycles. The summed E-state index contributed by atoms with van der Waals surface area (Å²) >= 11 is 0. The van der Waals surface area contributed by atoms with Crippen LogP contribution in [0, 0.1) is 5.92 Å². The van der Waals surface area contributed by atoms with Gasteiger partial charge in [-0.05, 0) is 35.1 Å². The third-order valence-corrected chi connectivity index (χ3v) is 6.37. The van der Waals surface area contributed by atoms with Crippen LogP contribution in [0.1, 0.15) is 58.7 Å². The maximum absolute atomic E-state index is 12.6. The predicted octanol–water partition coefficient (Wildman–Crippen LogP) is 3.78. The Morgan fingerprint density at radius 2 is 1.90 bits per heavy atom. The maximum Gasteiger partial charge on any atom is 0.0564 e. The first-order chi connectivity index (χ1) is 9.27. The van der Waals surface area contributed by atoms with Gasteiger partial charge in [0.05, 0.1) is 10.8 Å². The van der Waals surface area contributed by atoms with Gasteiger partial charge in [-0.1, -0.05) is 53.7 Å². The van der Waals surface area contributed by atoms with Gasteiger partial charge in [0.25, 0.3) is 0 Å². The zero-order chi connectivity index (χ0) is 15.1. The van der Waals surface area contributed by atoms with Crippen molar-refractivity contribution >= 4 is 10.8 Å². The van der Waals surface area contributed by atoms with Gasteiger partial charge in [-0.15, -0.1) is 0 Å². The summed E-state index contributed by atoms with van der Waals surface area (Å²) in [6, 6.07) is 6.80. The van der Waals surface area contributed by atoms with Crippen LogP contribution in [-0.4, -0.2) is 16.0 Å². The molecule has 2 rings (SSSR count). The Labute approximate surface area is 125 Å². The Hall–Kier alpha value is -0.670. The second-order valence-corrected chi connectivity index (χ2v) is 8.68. The Bertz CT molecular complexity index is 518. The molecule has 1 N–H and O–H groups in total. The van der Waals surface area contributed by atoms with Gasteiger partial charge in [0.15, 0.2) is 0 Å². The Morgan fingerprint density at radius 3 is 2.45 bits per heavy atom. The van der Waals surface area contributed by atoms with E-state index in [1.54, 1.807) is 0 Å². The minimum atomic E-state index is -0.889. The predicted molar refractivity (Wildman–Crippen MR) is 86.6 cm³/mol. The lowest BCUT2D eigenvalue weighted by atomic mass is 9.83. The van der Waals surface area contributed by atoms with Crippen LogP contribution in [0.4, 0.5) is 0 Å². The molecule has 20 heavy (non-hydrogen) atoms. The molecule has 0 aliphatic carbocycles. The van der Waals surface area contributed by atoms with E-state index < -0.39 is 10.8 Å². The smallest absolute Gasteiger partial charge is 0.0564 e. The summed E-state index contributed by atoms with van der Waals surface area (Å²) in [5, 5.41) is 3.79. The molecule has 112 valence electrons. The normalized spacial score (nSPS) is 30.1. The van der Waals surface area contributed by atoms with Crippen molar-refractivity contribution < 1.29 is 4.21 Å². The monoisotopic (exact) mass is 293 g/mol. The van der Waals surface area contributed by atoms with Crippen molar-refractivity contribution in [1.82, 2.24) is 5.32 Å². The van der Waals surface area contributed by atoms with Crippen molar-refractivity contribution in [3.05, 3.63) is 29.3 Å². The molecule has 1 aliphatic heterocycles. The fourth-order valence-corrected chi connectivity index (χ4v) is 4.47. The van der Waals surface area contributed by atoms with Gasteiger partial charge in [0, 0.05) is 16.2 Å². The van der Waals surface area contributed by atoms with Crippen molar-refractivity contribution in [2.75, 3.05) is 6.54 Å². The third-order valence-electron chi connectivity index (χ3n) is 4.46. The van der Waals surface area contributed by atoms with Crippen LogP contribution in [-0.2, 0) is 16.2 Å². The summed E-state index contributed by atoms with van der Waals surface area (Å²) in [4.78, 5) is 1.02. The summed E-state index contributed by atoms with van der Waals surface area (Å²) < 4.78 is 12.6. The van der Waals surface area contributed by atoms with E-state index in [0.717, 1.165) is 11.4 Å². The fourth-order valence-electron chi connectivity index (χ4n) is 2.91. The Kier molecular flexibility index (Phi) is 4.41. The van der Waals surface area contributed by atoms with Gasteiger partial charge >= 0.3 is 0 Å². The highest BCUT2D eigenvalue weighted by Gasteiger charge is 2.36. The van der Waals surface area contributed by atoms with Gasteiger partial charge in [0.1, 0.15) is 0 Å². The van der Waals surface area contributed by atoms with Crippen LogP contribution in [0.3, 0.4) is 0 Å². The molecule has 4 unspecified atom stereocenters. The lowest BCUT2D eigenvalue weighted by molar-refractivity contribution is 0.372. The Morgan fingerprint density at radius 1 is 1.25 bits per heavy atom. The topological polar surface area (TPSA) is 29.1 Å². The lowest BCUT2D eigenvalue weighted by Gasteiger charge is -2.37. The number of rotatable bonds is 2. The first-order valence-corrected chi connectivity index (χ1v) is 8.77. The summed E-state index contributed by atoms with van der Waals surface area (Å²) in [6.07, 6.45) is 0. The van der Waals surface area contributed by atoms with Crippen molar-refractivity contribution in [3.63, 3.8) is 0 Å². The highest BCUT2D eigenvalue weighted by molar-refractivity contribution is 7.85. The molecular weight excluding hydrogens is 266 g/mol. The van der Waals surface area contributed by atoms with Crippen LogP contribution >= 0.6 is 0 Å². The SMILES string of the molecule is CCNC1c2cc(C(C)(C)C)ccc2S(=O)C(C)C1C. The number of hydrogen-bond donors (Lipinski definition) is 1. The molecule has 4 atom stereocenters. The molecule has 0 fully saturated rings. The molecule has 0 spiro atoms. The number of benzene rings is 1. The maximum atomic E-state index is 12.6. The van der Waals surface area contributed by atoms with E-state index in [2.05, 4.69) is 65.1 Å². The minimum Gasteiger partial charge on any atom is -0.310 e. The molecule has 0 amide bonds. The van der Waals surface area contributed by atoms with E-state index in [0.29, 0.717) is 12.0 Å². The Balaban J connectivity index is 2.56. The molecule has 1 aromatic rings. The number of nitrogens with one attached hydrogen (secondary N) is 1. The summed E-state index contributed by atoms with van der Waals surface area (Å²) in [5.74, 6) is 0.388. The summed E-state index contributed by atoms with van der Waals surface area (Å²) in [5.41, 5.74) is 2.68. The van der Waals surface area contributed by atoms with E-state index in [1.807, 2.05) is 0 Å². The van der Waals surface area contributed by atoms with Gasteiger partial charge in [0.2, 0.25) is 0 Å². The lowest BCUT2D eigenvalue weighted by Crippen LogP contribution is -2.39. The van der Waals surface area contributed by atoms with Gasteiger partial charge in [-0.25, -0.2) is 0 Å². The standard InChI is InChI=1S/C17H27NOS/c1-7-18-16-11(2)12(3)20(19)15-9-8-13(10-14(15)16)17(4,5)6/h8-12,16,18H,7H2,1-6H3. The molecule has 0 radical (unpaired) electrons. The molecule has 0 aromatic heterocycles. The third kappa shape index (κ3) is 2.71. The zero-order valence-electron chi connectivity index (χ0n) is 13.5. The second kappa shape index (κ2) is 5.61. The van der Waals surface area contributed by atoms with Crippen LogP contribution in [0.5, 0.6) is 0 Å². The average Bonchev–Trinajstić information content (AvgIpc) is 2.39. The second-order valence-electron chi connectivity index (χ2n) is 6.90. The number of hydrogen-bond acceptors (Lipinski definition) is 2. The van der Waals surface area contributed by atoms with Gasteiger partial charge in [-0.2, -0.15) is 0 Å². The van der Waals surface area contributed by atoms with E-state index in [-0.39, 0.29) is 10.7 Å². The molecule has 1 aliphatic rings. The van der Waals surface area contributed by atoms with E-state index in [9.17, 15) is 4.21 Å². The van der Waals surface area contributed by atoms with Crippen molar-refractivity contribution in [1.29, 1.82) is 0 Å². The van der Waals surface area contributed by atoms with Gasteiger partial charge < -0.3 is 5.32 Å². The van der Waals surface area contributed by atoms with E-state index in [4.69, 9.17) is 0 Å². The minimum absolute atomic E-state index is 0.125. The fraction of sp³-hybridized carbons (Fsp3) is 0.647. The first kappa shape index (κ1) is 15.7. The molecule has 3 heteroatoms.